The van der Waals surface area contributed by atoms with E-state index in [1.54, 1.807) is 0 Å². The molecule has 0 aromatic heterocycles. The minimum absolute atomic E-state index is 0.222. The zero-order valence-electron chi connectivity index (χ0n) is 12.6. The maximum absolute atomic E-state index is 11.3. The smallest absolute Gasteiger partial charge is 0.305 e. The Bertz CT molecular complexity index is 267. The third kappa shape index (κ3) is 16.1. The Morgan fingerprint density at radius 2 is 1.19 bits per heavy atom. The zero-order valence-corrected chi connectivity index (χ0v) is 15.8. The quantitative estimate of drug-likeness (QED) is 0.269. The maximum atomic E-state index is 11.3. The van der Waals surface area contributed by atoms with E-state index < -0.39 is 0 Å². The second-order valence-electron chi connectivity index (χ2n) is 4.69. The second kappa shape index (κ2) is 13.5. The standard InChI is InChI=1S/C14H24Br2O5/c1-11(15)3-5-13(17)20-9-7-19-8-10-21-14(18)6-4-12(2)16/h11-12H,3-10H2,1-2H3. The van der Waals surface area contributed by atoms with Gasteiger partial charge < -0.3 is 14.2 Å². The molecule has 0 amide bonds. The van der Waals surface area contributed by atoms with Crippen LogP contribution in [0.25, 0.3) is 0 Å². The summed E-state index contributed by atoms with van der Waals surface area (Å²) >= 11 is 6.73. The minimum atomic E-state index is -0.222. The molecular formula is C14H24Br2O5. The third-order valence-corrected chi connectivity index (χ3v) is 3.39. The van der Waals surface area contributed by atoms with E-state index in [0.29, 0.717) is 35.7 Å². The average Bonchev–Trinajstić information content (AvgIpc) is 2.41. The number of carbonyl (C=O) groups is 2. The molecule has 21 heavy (non-hydrogen) atoms. The Labute approximate surface area is 143 Å². The molecule has 0 N–H and O–H groups in total. The van der Waals surface area contributed by atoms with Crippen molar-refractivity contribution in [3.63, 3.8) is 0 Å². The molecule has 0 rings (SSSR count). The number of halogens is 2. The van der Waals surface area contributed by atoms with Gasteiger partial charge in [0.05, 0.1) is 13.2 Å². The van der Waals surface area contributed by atoms with E-state index in [4.69, 9.17) is 14.2 Å². The van der Waals surface area contributed by atoms with Crippen LogP contribution in [-0.2, 0) is 23.8 Å². The van der Waals surface area contributed by atoms with Crippen molar-refractivity contribution in [1.29, 1.82) is 0 Å². The van der Waals surface area contributed by atoms with Crippen molar-refractivity contribution in [2.24, 2.45) is 0 Å². The highest BCUT2D eigenvalue weighted by Gasteiger charge is 2.06. The fourth-order valence-corrected chi connectivity index (χ4v) is 1.77. The summed E-state index contributed by atoms with van der Waals surface area (Å²) in [6, 6.07) is 0. The van der Waals surface area contributed by atoms with Crippen LogP contribution in [0.4, 0.5) is 0 Å². The summed E-state index contributed by atoms with van der Waals surface area (Å²) in [6.07, 6.45) is 2.30. The molecule has 0 radical (unpaired) electrons. The van der Waals surface area contributed by atoms with Gasteiger partial charge in [0.15, 0.2) is 0 Å². The van der Waals surface area contributed by atoms with E-state index in [1.165, 1.54) is 0 Å². The Morgan fingerprint density at radius 1 is 0.810 bits per heavy atom. The molecular weight excluding hydrogens is 408 g/mol. The molecule has 2 atom stereocenters. The van der Waals surface area contributed by atoms with Gasteiger partial charge >= 0.3 is 11.9 Å². The van der Waals surface area contributed by atoms with Crippen LogP contribution in [-0.4, -0.2) is 48.0 Å². The predicted molar refractivity (Wildman–Crippen MR) is 88.0 cm³/mol. The molecule has 0 aliphatic heterocycles. The topological polar surface area (TPSA) is 61.8 Å². The largest absolute Gasteiger partial charge is 0.463 e. The molecule has 5 nitrogen and oxygen atoms in total. The summed E-state index contributed by atoms with van der Waals surface area (Å²) in [5.74, 6) is -0.444. The van der Waals surface area contributed by atoms with Crippen LogP contribution in [0.15, 0.2) is 0 Å². The molecule has 0 fully saturated rings. The molecule has 0 heterocycles. The second-order valence-corrected chi connectivity index (χ2v) is 7.82. The fourth-order valence-electron chi connectivity index (χ4n) is 1.31. The average molecular weight is 432 g/mol. The van der Waals surface area contributed by atoms with E-state index in [1.807, 2.05) is 13.8 Å². The van der Waals surface area contributed by atoms with Crippen molar-refractivity contribution >= 4 is 43.8 Å². The van der Waals surface area contributed by atoms with Crippen LogP contribution >= 0.6 is 31.9 Å². The van der Waals surface area contributed by atoms with Gasteiger partial charge in [-0.1, -0.05) is 45.7 Å². The highest BCUT2D eigenvalue weighted by atomic mass is 79.9. The summed E-state index contributed by atoms with van der Waals surface area (Å²) in [7, 11) is 0. The molecule has 0 aromatic rings. The van der Waals surface area contributed by atoms with E-state index >= 15 is 0 Å². The van der Waals surface area contributed by atoms with Gasteiger partial charge in [-0.3, -0.25) is 9.59 Å². The lowest BCUT2D eigenvalue weighted by Gasteiger charge is -2.08. The first-order chi connectivity index (χ1) is 9.91. The van der Waals surface area contributed by atoms with Gasteiger partial charge in [0, 0.05) is 22.5 Å². The number of hydrogen-bond acceptors (Lipinski definition) is 5. The van der Waals surface area contributed by atoms with Gasteiger partial charge in [-0.15, -0.1) is 0 Å². The lowest BCUT2D eigenvalue weighted by atomic mass is 10.2. The van der Waals surface area contributed by atoms with Crippen LogP contribution in [0.5, 0.6) is 0 Å². The third-order valence-electron chi connectivity index (χ3n) is 2.47. The van der Waals surface area contributed by atoms with Crippen LogP contribution in [0, 0.1) is 0 Å². The Kier molecular flexibility index (Phi) is 13.4. The van der Waals surface area contributed by atoms with Gasteiger partial charge in [0.25, 0.3) is 0 Å². The van der Waals surface area contributed by atoms with Gasteiger partial charge in [-0.25, -0.2) is 0 Å². The van der Waals surface area contributed by atoms with Crippen LogP contribution in [0.2, 0.25) is 0 Å². The molecule has 0 saturated heterocycles. The number of ether oxygens (including phenoxy) is 3. The van der Waals surface area contributed by atoms with Crippen LogP contribution in [0.3, 0.4) is 0 Å². The molecule has 124 valence electrons. The van der Waals surface area contributed by atoms with E-state index in [0.717, 1.165) is 12.8 Å². The molecule has 0 aliphatic rings. The summed E-state index contributed by atoms with van der Waals surface area (Å²) < 4.78 is 15.2. The number of hydrogen-bond donors (Lipinski definition) is 0. The summed E-state index contributed by atoms with van der Waals surface area (Å²) in [6.45, 7) is 5.04. The van der Waals surface area contributed by atoms with E-state index in [9.17, 15) is 9.59 Å². The summed E-state index contributed by atoms with van der Waals surface area (Å²) in [5.41, 5.74) is 0. The molecule has 0 aromatic carbocycles. The molecule has 0 bridgehead atoms. The monoisotopic (exact) mass is 430 g/mol. The van der Waals surface area contributed by atoms with Gasteiger partial charge in [0.1, 0.15) is 13.2 Å². The lowest BCUT2D eigenvalue weighted by Crippen LogP contribution is -2.15. The number of rotatable bonds is 12. The fraction of sp³-hybridized carbons (Fsp3) is 0.857. The summed E-state index contributed by atoms with van der Waals surface area (Å²) in [5, 5.41) is 0. The SMILES string of the molecule is CC(Br)CCC(=O)OCCOCCOC(=O)CCC(C)Br. The number of alkyl halides is 2. The number of carbonyl (C=O) groups excluding carboxylic acids is 2. The van der Waals surface area contributed by atoms with Gasteiger partial charge in [0.2, 0.25) is 0 Å². The van der Waals surface area contributed by atoms with Crippen LogP contribution < -0.4 is 0 Å². The van der Waals surface area contributed by atoms with Crippen molar-refractivity contribution in [3.05, 3.63) is 0 Å². The van der Waals surface area contributed by atoms with Crippen molar-refractivity contribution in [3.8, 4) is 0 Å². The Balaban J connectivity index is 3.32. The molecule has 7 heteroatoms. The van der Waals surface area contributed by atoms with Crippen molar-refractivity contribution in [1.82, 2.24) is 0 Å². The highest BCUT2D eigenvalue weighted by Crippen LogP contribution is 2.07. The van der Waals surface area contributed by atoms with E-state index in [2.05, 4.69) is 31.9 Å². The Hall–Kier alpha value is -0.140. The molecule has 0 saturated carbocycles. The predicted octanol–water partition coefficient (Wildman–Crippen LogP) is 3.22. The zero-order chi connectivity index (χ0) is 16.1. The van der Waals surface area contributed by atoms with E-state index in [-0.39, 0.29) is 25.2 Å². The first-order valence-electron chi connectivity index (χ1n) is 7.09. The Morgan fingerprint density at radius 3 is 1.52 bits per heavy atom. The molecule has 0 spiro atoms. The van der Waals surface area contributed by atoms with Crippen molar-refractivity contribution < 1.29 is 23.8 Å². The minimum Gasteiger partial charge on any atom is -0.463 e. The van der Waals surface area contributed by atoms with Crippen molar-refractivity contribution in [2.75, 3.05) is 26.4 Å². The number of esters is 2. The summed E-state index contributed by atoms with van der Waals surface area (Å²) in [4.78, 5) is 23.2. The molecule has 0 aliphatic carbocycles. The maximum Gasteiger partial charge on any atom is 0.305 e. The van der Waals surface area contributed by atoms with Crippen molar-refractivity contribution in [2.45, 2.75) is 49.2 Å². The molecule has 2 unspecified atom stereocenters. The first-order valence-corrected chi connectivity index (χ1v) is 8.92. The highest BCUT2D eigenvalue weighted by molar-refractivity contribution is 9.09. The first kappa shape index (κ1) is 20.9. The van der Waals surface area contributed by atoms with Crippen LogP contribution in [0.1, 0.15) is 39.5 Å². The normalized spacial score (nSPS) is 13.5. The lowest BCUT2D eigenvalue weighted by molar-refractivity contribution is -0.146. The van der Waals surface area contributed by atoms with Gasteiger partial charge in [-0.2, -0.15) is 0 Å². The van der Waals surface area contributed by atoms with Gasteiger partial charge in [-0.05, 0) is 12.8 Å².